The van der Waals surface area contributed by atoms with Gasteiger partial charge in [0, 0.05) is 12.0 Å². The first-order valence-corrected chi connectivity index (χ1v) is 5.48. The number of nitrogens with zero attached hydrogens (tertiary/aromatic N) is 1. The van der Waals surface area contributed by atoms with Gasteiger partial charge in [0.2, 0.25) is 0 Å². The van der Waals surface area contributed by atoms with Gasteiger partial charge in [0.05, 0.1) is 0 Å². The van der Waals surface area contributed by atoms with E-state index in [9.17, 15) is 9.59 Å². The number of carbonyl (C=O) groups is 2. The Morgan fingerprint density at radius 2 is 2.33 bits per heavy atom. The lowest BCUT2D eigenvalue weighted by molar-refractivity contribution is -0.161. The fraction of sp³-hybridized carbons (Fsp3) is 0.556. The Bertz CT molecular complexity index is 365. The number of ether oxygens (including phenoxy) is 1. The number of amides is 1. The van der Waals surface area contributed by atoms with Crippen LogP contribution in [0, 0.1) is 0 Å². The van der Waals surface area contributed by atoms with E-state index in [1.807, 2.05) is 6.92 Å². The number of allylic oxidation sites excluding steroid dienone is 1. The van der Waals surface area contributed by atoms with Gasteiger partial charge < -0.3 is 9.84 Å². The predicted molar refractivity (Wildman–Crippen MR) is 54.0 cm³/mol. The topological polar surface area (TPSA) is 66.8 Å². The third-order valence-corrected chi connectivity index (χ3v) is 4.01. The first kappa shape index (κ1) is 10.5. The van der Waals surface area contributed by atoms with Gasteiger partial charge in [0.1, 0.15) is 11.1 Å². The highest BCUT2D eigenvalue weighted by Gasteiger charge is 2.56. The van der Waals surface area contributed by atoms with Gasteiger partial charge in [-0.05, 0) is 6.42 Å². The molecule has 0 aromatic rings. The molecular weight excluding hydrogens is 218 g/mol. The molecule has 2 heterocycles. The standard InChI is InChI=1S/C9H11NO4S/c1-3-4-5(9(12)13)10-7(11)6(14-2)8(10)15-4/h6,8H,3H2,1-2H3,(H,12,13)/t6-,8-/m1/s1. The Balaban J connectivity index is 2.29. The summed E-state index contributed by atoms with van der Waals surface area (Å²) in [6.07, 6.45) is 0.136. The van der Waals surface area contributed by atoms with Gasteiger partial charge in [0.15, 0.2) is 6.10 Å². The summed E-state index contributed by atoms with van der Waals surface area (Å²) in [6.45, 7) is 1.88. The van der Waals surface area contributed by atoms with Crippen LogP contribution in [-0.4, -0.2) is 40.5 Å². The van der Waals surface area contributed by atoms with Gasteiger partial charge in [-0.25, -0.2) is 4.79 Å². The van der Waals surface area contributed by atoms with Crippen LogP contribution in [0.15, 0.2) is 10.6 Å². The van der Waals surface area contributed by atoms with Crippen LogP contribution in [0.2, 0.25) is 0 Å². The molecular formula is C9H11NO4S. The summed E-state index contributed by atoms with van der Waals surface area (Å²) < 4.78 is 5.00. The smallest absolute Gasteiger partial charge is 0.353 e. The monoisotopic (exact) mass is 229 g/mol. The van der Waals surface area contributed by atoms with Crippen molar-refractivity contribution in [3.63, 3.8) is 0 Å². The molecule has 82 valence electrons. The zero-order chi connectivity index (χ0) is 11.2. The number of aliphatic carboxylic acids is 1. The van der Waals surface area contributed by atoms with Gasteiger partial charge in [-0.2, -0.15) is 0 Å². The number of thioether (sulfide) groups is 1. The van der Waals surface area contributed by atoms with Crippen molar-refractivity contribution in [3.8, 4) is 0 Å². The zero-order valence-electron chi connectivity index (χ0n) is 8.39. The minimum Gasteiger partial charge on any atom is -0.477 e. The van der Waals surface area contributed by atoms with Crippen LogP contribution in [0.4, 0.5) is 0 Å². The molecule has 1 amide bonds. The van der Waals surface area contributed by atoms with Crippen molar-refractivity contribution in [2.75, 3.05) is 7.11 Å². The lowest BCUT2D eigenvalue weighted by atomic mass is 10.1. The number of carboxylic acids is 1. The van der Waals surface area contributed by atoms with E-state index in [1.165, 1.54) is 23.8 Å². The van der Waals surface area contributed by atoms with E-state index < -0.39 is 12.1 Å². The molecule has 15 heavy (non-hydrogen) atoms. The Kier molecular flexibility index (Phi) is 2.47. The van der Waals surface area contributed by atoms with Gasteiger partial charge in [0.25, 0.3) is 5.91 Å². The van der Waals surface area contributed by atoms with Crippen molar-refractivity contribution in [2.24, 2.45) is 0 Å². The number of hydrogen-bond donors (Lipinski definition) is 1. The SMILES string of the molecule is CCC1=C(C(=O)O)N2C(=O)[C@@H](OC)[C@H]2S1. The maximum atomic E-state index is 11.5. The fourth-order valence-corrected chi connectivity index (χ4v) is 3.24. The molecule has 2 aliphatic rings. The van der Waals surface area contributed by atoms with Gasteiger partial charge in [-0.15, -0.1) is 0 Å². The Morgan fingerprint density at radius 1 is 1.67 bits per heavy atom. The number of fused-ring (bicyclic) bond motifs is 1. The van der Waals surface area contributed by atoms with Crippen molar-refractivity contribution in [1.29, 1.82) is 0 Å². The molecule has 1 N–H and O–H groups in total. The Hall–Kier alpha value is -1.01. The second kappa shape index (κ2) is 3.53. The molecule has 0 saturated carbocycles. The lowest BCUT2D eigenvalue weighted by Gasteiger charge is -2.40. The summed E-state index contributed by atoms with van der Waals surface area (Å²) in [7, 11) is 1.46. The van der Waals surface area contributed by atoms with Gasteiger partial charge >= 0.3 is 5.97 Å². The van der Waals surface area contributed by atoms with Crippen LogP contribution in [0.1, 0.15) is 13.3 Å². The van der Waals surface area contributed by atoms with Crippen LogP contribution in [0.5, 0.6) is 0 Å². The van der Waals surface area contributed by atoms with Gasteiger partial charge in [-0.3, -0.25) is 9.69 Å². The largest absolute Gasteiger partial charge is 0.477 e. The third kappa shape index (κ3) is 1.28. The highest BCUT2D eigenvalue weighted by molar-refractivity contribution is 8.04. The summed E-state index contributed by atoms with van der Waals surface area (Å²) in [5.74, 6) is -1.29. The predicted octanol–water partition coefficient (Wildman–Crippen LogP) is 0.623. The number of methoxy groups -OCH3 is 1. The van der Waals surface area contributed by atoms with Crippen molar-refractivity contribution in [2.45, 2.75) is 24.8 Å². The highest BCUT2D eigenvalue weighted by atomic mass is 32.2. The first-order valence-electron chi connectivity index (χ1n) is 4.60. The van der Waals surface area contributed by atoms with E-state index in [0.29, 0.717) is 6.42 Å². The van der Waals surface area contributed by atoms with E-state index in [2.05, 4.69) is 0 Å². The second-order valence-electron chi connectivity index (χ2n) is 3.30. The number of rotatable bonds is 3. The van der Waals surface area contributed by atoms with Gasteiger partial charge in [-0.1, -0.05) is 18.7 Å². The molecule has 6 heteroatoms. The highest BCUT2D eigenvalue weighted by Crippen LogP contribution is 2.48. The maximum Gasteiger partial charge on any atom is 0.353 e. The molecule has 1 saturated heterocycles. The average molecular weight is 229 g/mol. The van der Waals surface area contributed by atoms with Crippen molar-refractivity contribution < 1.29 is 19.4 Å². The van der Waals surface area contributed by atoms with Crippen molar-refractivity contribution in [3.05, 3.63) is 10.6 Å². The summed E-state index contributed by atoms with van der Waals surface area (Å²) in [5.41, 5.74) is 0.130. The van der Waals surface area contributed by atoms with Crippen LogP contribution < -0.4 is 0 Å². The summed E-state index contributed by atoms with van der Waals surface area (Å²) >= 11 is 1.41. The number of carbonyl (C=O) groups excluding carboxylic acids is 1. The maximum absolute atomic E-state index is 11.5. The Morgan fingerprint density at radius 3 is 2.80 bits per heavy atom. The quantitative estimate of drug-likeness (QED) is 0.719. The van der Waals surface area contributed by atoms with Crippen LogP contribution in [0.25, 0.3) is 0 Å². The first-order chi connectivity index (χ1) is 7.11. The molecule has 1 fully saturated rings. The Labute approximate surface area is 91.1 Å². The van der Waals surface area contributed by atoms with Crippen molar-refractivity contribution >= 4 is 23.6 Å². The fourth-order valence-electron chi connectivity index (χ4n) is 1.82. The van der Waals surface area contributed by atoms with E-state index in [0.717, 1.165) is 4.91 Å². The number of carboxylic acid groups (broad SMARTS) is 1. The second-order valence-corrected chi connectivity index (χ2v) is 4.51. The van der Waals surface area contributed by atoms with Crippen LogP contribution in [-0.2, 0) is 14.3 Å². The molecule has 0 spiro atoms. The minimum atomic E-state index is -1.04. The molecule has 2 rings (SSSR count). The number of hydrogen-bond acceptors (Lipinski definition) is 4. The van der Waals surface area contributed by atoms with Crippen LogP contribution in [0.3, 0.4) is 0 Å². The molecule has 0 unspecified atom stereocenters. The molecule has 0 bridgehead atoms. The average Bonchev–Trinajstić information content (AvgIpc) is 2.53. The minimum absolute atomic E-state index is 0.130. The molecule has 0 aromatic heterocycles. The van der Waals surface area contributed by atoms with E-state index >= 15 is 0 Å². The summed E-state index contributed by atoms with van der Waals surface area (Å²) in [6, 6.07) is 0. The van der Waals surface area contributed by atoms with E-state index in [1.54, 1.807) is 0 Å². The normalized spacial score (nSPS) is 29.2. The summed E-state index contributed by atoms with van der Waals surface area (Å²) in [5, 5.41) is 8.83. The van der Waals surface area contributed by atoms with Crippen molar-refractivity contribution in [1.82, 2.24) is 4.90 Å². The zero-order valence-corrected chi connectivity index (χ0v) is 9.21. The van der Waals surface area contributed by atoms with E-state index in [4.69, 9.17) is 9.84 Å². The third-order valence-electron chi connectivity index (χ3n) is 2.54. The number of β-lactam (4-membered cyclic amide) rings is 1. The lowest BCUT2D eigenvalue weighted by Crippen LogP contribution is -2.61. The molecule has 0 aliphatic carbocycles. The molecule has 0 aromatic carbocycles. The molecule has 2 aliphatic heterocycles. The van der Waals surface area contributed by atoms with Crippen LogP contribution >= 0.6 is 11.8 Å². The molecule has 0 radical (unpaired) electrons. The molecule has 2 atom stereocenters. The molecule has 5 nitrogen and oxygen atoms in total. The van der Waals surface area contributed by atoms with E-state index in [-0.39, 0.29) is 17.0 Å². The summed E-state index contributed by atoms with van der Waals surface area (Å²) in [4.78, 5) is 24.6.